The van der Waals surface area contributed by atoms with Gasteiger partial charge in [0.2, 0.25) is 15.9 Å². The third kappa shape index (κ3) is 5.68. The SMILES string of the molecule is CCN(CCc1ccccc1)C(=O)CCc1ccc(S(=O)(=O)NC)cc1. The molecule has 2 aromatic rings. The van der Waals surface area contributed by atoms with Gasteiger partial charge in [0, 0.05) is 19.5 Å². The van der Waals surface area contributed by atoms with Crippen LogP contribution >= 0.6 is 0 Å². The molecule has 0 bridgehead atoms. The molecule has 0 aliphatic heterocycles. The van der Waals surface area contributed by atoms with Crippen LogP contribution in [0.2, 0.25) is 0 Å². The largest absolute Gasteiger partial charge is 0.343 e. The lowest BCUT2D eigenvalue weighted by molar-refractivity contribution is -0.130. The zero-order valence-corrected chi connectivity index (χ0v) is 16.1. The lowest BCUT2D eigenvalue weighted by Crippen LogP contribution is -2.32. The second-order valence-corrected chi connectivity index (χ2v) is 7.95. The molecule has 0 atom stereocenters. The predicted octanol–water partition coefficient (Wildman–Crippen LogP) is 2.62. The molecule has 0 saturated carbocycles. The first kappa shape index (κ1) is 20.1. The number of likely N-dealkylation sites (N-methyl/N-ethyl adjacent to an activating group) is 1. The van der Waals surface area contributed by atoms with Crippen molar-refractivity contribution in [2.45, 2.75) is 31.1 Å². The van der Waals surface area contributed by atoms with Crippen molar-refractivity contribution >= 4 is 15.9 Å². The molecule has 0 heterocycles. The summed E-state index contributed by atoms with van der Waals surface area (Å²) in [6, 6.07) is 16.8. The Morgan fingerprint density at radius 1 is 0.962 bits per heavy atom. The highest BCUT2D eigenvalue weighted by Crippen LogP contribution is 2.12. The molecule has 0 aromatic heterocycles. The Labute approximate surface area is 156 Å². The quantitative estimate of drug-likeness (QED) is 0.734. The number of hydrogen-bond acceptors (Lipinski definition) is 3. The lowest BCUT2D eigenvalue weighted by atomic mass is 10.1. The van der Waals surface area contributed by atoms with Crippen LogP contribution in [0.3, 0.4) is 0 Å². The third-order valence-electron chi connectivity index (χ3n) is 4.38. The maximum absolute atomic E-state index is 12.5. The summed E-state index contributed by atoms with van der Waals surface area (Å²) in [5, 5.41) is 0. The average Bonchev–Trinajstić information content (AvgIpc) is 2.68. The van der Waals surface area contributed by atoms with Crippen molar-refractivity contribution < 1.29 is 13.2 Å². The summed E-state index contributed by atoms with van der Waals surface area (Å²) in [4.78, 5) is 14.6. The van der Waals surface area contributed by atoms with Crippen molar-refractivity contribution in [1.82, 2.24) is 9.62 Å². The minimum absolute atomic E-state index is 0.121. The highest BCUT2D eigenvalue weighted by molar-refractivity contribution is 7.89. The zero-order chi connectivity index (χ0) is 19.0. The number of carbonyl (C=O) groups excluding carboxylic acids is 1. The molecule has 0 saturated heterocycles. The van der Waals surface area contributed by atoms with Gasteiger partial charge in [0.1, 0.15) is 0 Å². The lowest BCUT2D eigenvalue weighted by Gasteiger charge is -2.21. The number of hydrogen-bond donors (Lipinski definition) is 1. The standard InChI is InChI=1S/C20H26N2O3S/c1-3-22(16-15-17-7-5-4-6-8-17)20(23)14-11-18-9-12-19(13-10-18)26(24,25)21-2/h4-10,12-13,21H,3,11,14-16H2,1-2H3. The van der Waals surface area contributed by atoms with Gasteiger partial charge in [-0.1, -0.05) is 42.5 Å². The second kappa shape index (κ2) is 9.50. The van der Waals surface area contributed by atoms with Gasteiger partial charge in [0.15, 0.2) is 0 Å². The van der Waals surface area contributed by atoms with Crippen LogP contribution in [-0.4, -0.2) is 39.4 Å². The van der Waals surface area contributed by atoms with Gasteiger partial charge >= 0.3 is 0 Å². The van der Waals surface area contributed by atoms with Crippen LogP contribution in [0.1, 0.15) is 24.5 Å². The fraction of sp³-hybridized carbons (Fsp3) is 0.350. The molecule has 26 heavy (non-hydrogen) atoms. The van der Waals surface area contributed by atoms with Crippen molar-refractivity contribution in [3.63, 3.8) is 0 Å². The van der Waals surface area contributed by atoms with Crippen molar-refractivity contribution in [3.8, 4) is 0 Å². The highest BCUT2D eigenvalue weighted by atomic mass is 32.2. The smallest absolute Gasteiger partial charge is 0.240 e. The van der Waals surface area contributed by atoms with E-state index in [0.717, 1.165) is 12.0 Å². The first-order valence-corrected chi connectivity index (χ1v) is 10.3. The monoisotopic (exact) mass is 374 g/mol. The number of amides is 1. The average molecular weight is 375 g/mol. The molecule has 2 rings (SSSR count). The Hall–Kier alpha value is -2.18. The summed E-state index contributed by atoms with van der Waals surface area (Å²) in [5.74, 6) is 0.121. The van der Waals surface area contributed by atoms with E-state index in [9.17, 15) is 13.2 Å². The summed E-state index contributed by atoms with van der Waals surface area (Å²) < 4.78 is 25.7. The highest BCUT2D eigenvalue weighted by Gasteiger charge is 2.13. The maximum Gasteiger partial charge on any atom is 0.240 e. The molecule has 6 heteroatoms. The summed E-state index contributed by atoms with van der Waals surface area (Å²) in [6.07, 6.45) is 1.86. The van der Waals surface area contributed by atoms with Gasteiger partial charge in [-0.25, -0.2) is 13.1 Å². The first-order chi connectivity index (χ1) is 12.5. The molecular formula is C20H26N2O3S. The third-order valence-corrected chi connectivity index (χ3v) is 5.81. The Balaban J connectivity index is 1.88. The van der Waals surface area contributed by atoms with Gasteiger partial charge in [-0.3, -0.25) is 4.79 Å². The van der Waals surface area contributed by atoms with Crippen LogP contribution in [0.5, 0.6) is 0 Å². The predicted molar refractivity (Wildman–Crippen MR) is 103 cm³/mol. The normalized spacial score (nSPS) is 11.3. The first-order valence-electron chi connectivity index (χ1n) is 8.80. The minimum Gasteiger partial charge on any atom is -0.343 e. The van der Waals surface area contributed by atoms with E-state index in [0.29, 0.717) is 25.9 Å². The molecule has 1 amide bonds. The van der Waals surface area contributed by atoms with Crippen molar-refractivity contribution in [3.05, 3.63) is 65.7 Å². The Morgan fingerprint density at radius 2 is 1.58 bits per heavy atom. The number of benzene rings is 2. The summed E-state index contributed by atoms with van der Waals surface area (Å²) in [5.41, 5.74) is 2.17. The van der Waals surface area contributed by atoms with Gasteiger partial charge in [-0.2, -0.15) is 0 Å². The van der Waals surface area contributed by atoms with Gasteiger partial charge in [-0.15, -0.1) is 0 Å². The number of rotatable bonds is 9. The van der Waals surface area contributed by atoms with Crippen molar-refractivity contribution in [2.24, 2.45) is 0 Å². The number of carbonyl (C=O) groups is 1. The molecule has 0 aliphatic rings. The van der Waals surface area contributed by atoms with E-state index in [4.69, 9.17) is 0 Å². The number of nitrogens with zero attached hydrogens (tertiary/aromatic N) is 1. The van der Waals surface area contributed by atoms with Crippen LogP contribution in [-0.2, 0) is 27.7 Å². The van der Waals surface area contributed by atoms with Crippen LogP contribution in [0, 0.1) is 0 Å². The van der Waals surface area contributed by atoms with Gasteiger partial charge in [-0.05, 0) is 50.1 Å². The summed E-state index contributed by atoms with van der Waals surface area (Å²) >= 11 is 0. The van der Waals surface area contributed by atoms with Crippen molar-refractivity contribution in [1.29, 1.82) is 0 Å². The molecule has 0 unspecified atom stereocenters. The van der Waals surface area contributed by atoms with Crippen LogP contribution in [0.15, 0.2) is 59.5 Å². The van der Waals surface area contributed by atoms with Crippen LogP contribution < -0.4 is 4.72 Å². The van der Waals surface area contributed by atoms with Crippen LogP contribution in [0.4, 0.5) is 0 Å². The Kier molecular flexibility index (Phi) is 7.36. The molecular weight excluding hydrogens is 348 g/mol. The summed E-state index contributed by atoms with van der Waals surface area (Å²) in [6.45, 7) is 3.38. The molecule has 2 aromatic carbocycles. The second-order valence-electron chi connectivity index (χ2n) is 6.06. The number of nitrogens with one attached hydrogen (secondary N) is 1. The fourth-order valence-corrected chi connectivity index (χ4v) is 3.46. The van der Waals surface area contributed by atoms with E-state index in [2.05, 4.69) is 16.9 Å². The van der Waals surface area contributed by atoms with E-state index >= 15 is 0 Å². The molecule has 140 valence electrons. The van der Waals surface area contributed by atoms with E-state index in [-0.39, 0.29) is 10.8 Å². The Bertz CT molecular complexity index is 803. The summed E-state index contributed by atoms with van der Waals surface area (Å²) in [7, 11) is -2.04. The molecule has 5 nitrogen and oxygen atoms in total. The molecule has 0 fully saturated rings. The van der Waals surface area contributed by atoms with Crippen LogP contribution in [0.25, 0.3) is 0 Å². The maximum atomic E-state index is 12.5. The molecule has 0 radical (unpaired) electrons. The number of aryl methyl sites for hydroxylation is 1. The molecule has 0 aliphatic carbocycles. The molecule has 1 N–H and O–H groups in total. The van der Waals surface area contributed by atoms with Gasteiger partial charge in [0.05, 0.1) is 4.90 Å². The fourth-order valence-electron chi connectivity index (χ4n) is 2.73. The van der Waals surface area contributed by atoms with E-state index in [1.54, 1.807) is 24.3 Å². The van der Waals surface area contributed by atoms with Gasteiger partial charge < -0.3 is 4.90 Å². The van der Waals surface area contributed by atoms with Crippen molar-refractivity contribution in [2.75, 3.05) is 20.1 Å². The Morgan fingerprint density at radius 3 is 2.15 bits per heavy atom. The van der Waals surface area contributed by atoms with E-state index < -0.39 is 10.0 Å². The number of sulfonamides is 1. The van der Waals surface area contributed by atoms with Gasteiger partial charge in [0.25, 0.3) is 0 Å². The zero-order valence-electron chi connectivity index (χ0n) is 15.3. The van der Waals surface area contributed by atoms with E-state index in [1.165, 1.54) is 12.6 Å². The molecule has 0 spiro atoms. The van der Waals surface area contributed by atoms with E-state index in [1.807, 2.05) is 30.0 Å². The minimum atomic E-state index is -3.42. The topological polar surface area (TPSA) is 66.5 Å².